The molecule has 0 amide bonds. The van der Waals surface area contributed by atoms with Crippen LogP contribution in [-0.2, 0) is 23.7 Å². The van der Waals surface area contributed by atoms with Crippen LogP contribution in [0.5, 0.6) is 0 Å². The number of thiocarbonyl (C=S) groups is 1. The third kappa shape index (κ3) is 4.51. The maximum absolute atomic E-state index is 13.7. The highest BCUT2D eigenvalue weighted by Gasteiger charge is 2.59. The Morgan fingerprint density at radius 1 is 1.29 bits per heavy atom. The summed E-state index contributed by atoms with van der Waals surface area (Å²) in [5.41, 5.74) is -3.98. The zero-order chi connectivity index (χ0) is 13.5. The molecule has 0 aromatic rings. The third-order valence-electron chi connectivity index (χ3n) is 1.31. The molecule has 0 saturated heterocycles. The van der Waals surface area contributed by atoms with E-state index in [0.29, 0.717) is 11.8 Å². The van der Waals surface area contributed by atoms with Gasteiger partial charge < -0.3 is 0 Å². The lowest BCUT2D eigenvalue weighted by atomic mass is 10.8. The largest absolute Gasteiger partial charge is 0.459 e. The number of halogens is 2. The van der Waals surface area contributed by atoms with E-state index in [9.17, 15) is 13.3 Å². The van der Waals surface area contributed by atoms with Crippen molar-refractivity contribution in [3.8, 4) is 0 Å². The summed E-state index contributed by atoms with van der Waals surface area (Å²) in [6, 6.07) is 0. The van der Waals surface area contributed by atoms with Crippen molar-refractivity contribution in [2.24, 2.45) is 0 Å². The van der Waals surface area contributed by atoms with E-state index in [1.54, 1.807) is 0 Å². The number of rotatable bonds is 8. The maximum atomic E-state index is 13.7. The fourth-order valence-corrected chi connectivity index (χ4v) is 2.70. The van der Waals surface area contributed by atoms with Gasteiger partial charge in [0.1, 0.15) is 4.20 Å². The van der Waals surface area contributed by atoms with Gasteiger partial charge in [0.2, 0.25) is 0 Å². The van der Waals surface area contributed by atoms with E-state index in [0.717, 1.165) is 0 Å². The molecule has 0 spiro atoms. The Hall–Kier alpha value is 0.370. The van der Waals surface area contributed by atoms with Crippen LogP contribution in [0.4, 0.5) is 8.78 Å². The lowest BCUT2D eigenvalue weighted by Crippen LogP contribution is -2.27. The van der Waals surface area contributed by atoms with Crippen LogP contribution in [0.1, 0.15) is 13.8 Å². The van der Waals surface area contributed by atoms with Gasteiger partial charge in [0, 0.05) is 0 Å². The number of alkyl halides is 2. The summed E-state index contributed by atoms with van der Waals surface area (Å²) in [5, 5.41) is 0. The minimum Gasteiger partial charge on any atom is -0.248 e. The SMILES string of the molecule is CCOOP(=O)(OOCC)C(F)(F)C(=S)SC. The van der Waals surface area contributed by atoms with Crippen LogP contribution in [0.2, 0.25) is 0 Å². The van der Waals surface area contributed by atoms with E-state index < -0.39 is 17.5 Å². The molecule has 0 atom stereocenters. The molecule has 10 heteroatoms. The predicted molar refractivity (Wildman–Crippen MR) is 64.1 cm³/mol. The van der Waals surface area contributed by atoms with Crippen molar-refractivity contribution in [3.05, 3.63) is 0 Å². The highest BCUT2D eigenvalue weighted by Crippen LogP contribution is 2.63. The van der Waals surface area contributed by atoms with Crippen molar-refractivity contribution in [2.45, 2.75) is 19.5 Å². The van der Waals surface area contributed by atoms with Crippen LogP contribution in [0.3, 0.4) is 0 Å². The van der Waals surface area contributed by atoms with Crippen molar-refractivity contribution in [2.75, 3.05) is 19.5 Å². The molecule has 0 N–H and O–H groups in total. The quantitative estimate of drug-likeness (QED) is 0.295. The van der Waals surface area contributed by atoms with E-state index in [2.05, 4.69) is 31.3 Å². The second kappa shape index (κ2) is 7.73. The predicted octanol–water partition coefficient (Wildman–Crippen LogP) is 3.40. The van der Waals surface area contributed by atoms with Gasteiger partial charge in [-0.3, -0.25) is 0 Å². The second-order valence-corrected chi connectivity index (χ2v) is 5.83. The molecule has 0 unspecified atom stereocenters. The van der Waals surface area contributed by atoms with Gasteiger partial charge in [-0.05, 0) is 20.1 Å². The van der Waals surface area contributed by atoms with Crippen molar-refractivity contribution >= 4 is 35.8 Å². The van der Waals surface area contributed by atoms with Crippen molar-refractivity contribution in [1.82, 2.24) is 0 Å². The van der Waals surface area contributed by atoms with Crippen molar-refractivity contribution in [1.29, 1.82) is 0 Å². The molecule has 0 aliphatic carbocycles. The Labute approximate surface area is 108 Å². The Bertz CT molecular complexity index is 290. The maximum Gasteiger partial charge on any atom is 0.459 e. The summed E-state index contributed by atoms with van der Waals surface area (Å²) in [6.07, 6.45) is 1.32. The number of hydrogen-bond acceptors (Lipinski definition) is 7. The summed E-state index contributed by atoms with van der Waals surface area (Å²) < 4.78 is 46.6. The molecule has 0 aromatic carbocycles. The standard InChI is InChI=1S/C7H13F2O5PS2/c1-4-11-13-15(10,14-12-5-2)7(8,9)6(16)17-3/h4-5H2,1-3H3. The molecule has 0 aliphatic heterocycles. The normalized spacial score (nSPS) is 12.8. The first-order chi connectivity index (χ1) is 7.85. The van der Waals surface area contributed by atoms with Gasteiger partial charge in [-0.25, -0.2) is 14.3 Å². The average molecular weight is 310 g/mol. The van der Waals surface area contributed by atoms with Gasteiger partial charge in [-0.1, -0.05) is 12.2 Å². The summed E-state index contributed by atoms with van der Waals surface area (Å²) in [7, 11) is -4.97. The Kier molecular flexibility index (Phi) is 7.90. The van der Waals surface area contributed by atoms with Crippen molar-refractivity contribution < 1.29 is 32.5 Å². The zero-order valence-corrected chi connectivity index (χ0v) is 12.0. The van der Waals surface area contributed by atoms with E-state index >= 15 is 0 Å². The molecule has 0 bridgehead atoms. The van der Waals surface area contributed by atoms with Crippen molar-refractivity contribution in [3.63, 3.8) is 0 Å². The van der Waals surface area contributed by atoms with Crippen LogP contribution < -0.4 is 0 Å². The monoisotopic (exact) mass is 310 g/mol. The zero-order valence-electron chi connectivity index (χ0n) is 9.48. The fourth-order valence-electron chi connectivity index (χ4n) is 0.585. The lowest BCUT2D eigenvalue weighted by molar-refractivity contribution is -0.271. The molecular weight excluding hydrogens is 297 g/mol. The molecule has 0 aliphatic rings. The van der Waals surface area contributed by atoms with Gasteiger partial charge in [0.15, 0.2) is 0 Å². The summed E-state index contributed by atoms with van der Waals surface area (Å²) >= 11 is 4.97. The Balaban J connectivity index is 5.00. The fraction of sp³-hybridized carbons (Fsp3) is 0.857. The molecule has 0 radical (unpaired) electrons. The Morgan fingerprint density at radius 3 is 2.00 bits per heavy atom. The van der Waals surface area contributed by atoms with Crippen LogP contribution >= 0.6 is 31.6 Å². The minimum atomic E-state index is -4.97. The Morgan fingerprint density at radius 2 is 1.71 bits per heavy atom. The summed E-state index contributed by atoms with van der Waals surface area (Å²) in [6.45, 7) is 2.77. The molecule has 0 fully saturated rings. The first-order valence-electron chi connectivity index (χ1n) is 4.54. The van der Waals surface area contributed by atoms with Crippen LogP contribution in [-0.4, -0.2) is 29.3 Å². The summed E-state index contributed by atoms with van der Waals surface area (Å²) in [5.74, 6) is 0. The second-order valence-electron chi connectivity index (χ2n) is 2.49. The molecule has 0 saturated carbocycles. The lowest BCUT2D eigenvalue weighted by Gasteiger charge is -2.23. The van der Waals surface area contributed by atoms with Crippen LogP contribution in [0.25, 0.3) is 0 Å². The van der Waals surface area contributed by atoms with Gasteiger partial charge in [0.25, 0.3) is 0 Å². The van der Waals surface area contributed by atoms with E-state index in [1.807, 2.05) is 0 Å². The van der Waals surface area contributed by atoms with E-state index in [4.69, 9.17) is 0 Å². The third-order valence-corrected chi connectivity index (χ3v) is 4.51. The van der Waals surface area contributed by atoms with Gasteiger partial charge in [0.05, 0.1) is 13.2 Å². The smallest absolute Gasteiger partial charge is 0.248 e. The highest BCUT2D eigenvalue weighted by atomic mass is 32.2. The van der Waals surface area contributed by atoms with Gasteiger partial charge in [-0.15, -0.1) is 21.1 Å². The molecule has 0 rings (SSSR count). The molecule has 0 aromatic heterocycles. The molecule has 0 heterocycles. The summed E-state index contributed by atoms with van der Waals surface area (Å²) in [4.78, 5) is 8.52. The van der Waals surface area contributed by atoms with E-state index in [-0.39, 0.29) is 13.2 Å². The molecule has 17 heavy (non-hydrogen) atoms. The molecule has 102 valence electrons. The average Bonchev–Trinajstić information content (AvgIpc) is 2.32. The number of hydrogen-bond donors (Lipinski definition) is 0. The first kappa shape index (κ1) is 17.4. The van der Waals surface area contributed by atoms with E-state index in [1.165, 1.54) is 20.1 Å². The van der Waals surface area contributed by atoms with Crippen LogP contribution in [0.15, 0.2) is 0 Å². The van der Waals surface area contributed by atoms with Gasteiger partial charge in [-0.2, -0.15) is 8.78 Å². The molecule has 5 nitrogen and oxygen atoms in total. The minimum absolute atomic E-state index is 0.0818. The molecular formula is C7H13F2O5PS2. The van der Waals surface area contributed by atoms with Gasteiger partial charge >= 0.3 is 13.3 Å². The highest BCUT2D eigenvalue weighted by molar-refractivity contribution is 8.23. The van der Waals surface area contributed by atoms with Crippen LogP contribution in [0, 0.1) is 0 Å². The first-order valence-corrected chi connectivity index (χ1v) is 7.72. The topological polar surface area (TPSA) is 54.0 Å². The number of thioether (sulfide) groups is 1.